The van der Waals surface area contributed by atoms with Crippen molar-refractivity contribution in [1.82, 2.24) is 0 Å². The van der Waals surface area contributed by atoms with Crippen LogP contribution >= 0.6 is 0 Å². The fourth-order valence-corrected chi connectivity index (χ4v) is 2.10. The lowest BCUT2D eigenvalue weighted by Crippen LogP contribution is -2.23. The Bertz CT molecular complexity index is 446. The van der Waals surface area contributed by atoms with Gasteiger partial charge in [0.1, 0.15) is 0 Å². The van der Waals surface area contributed by atoms with Crippen LogP contribution in [0, 0.1) is 0 Å². The van der Waals surface area contributed by atoms with Crippen molar-refractivity contribution in [2.45, 2.75) is 32.3 Å². The lowest BCUT2D eigenvalue weighted by molar-refractivity contribution is -0.145. The normalized spacial score (nSPS) is 23.9. The molecule has 84 valence electrons. The molecule has 2 nitrogen and oxygen atoms in total. The van der Waals surface area contributed by atoms with Crippen molar-refractivity contribution in [3.63, 3.8) is 0 Å². The highest BCUT2D eigenvalue weighted by Crippen LogP contribution is 2.35. The quantitative estimate of drug-likeness (QED) is 0.710. The molecule has 0 saturated heterocycles. The monoisotopic (exact) mass is 216 g/mol. The summed E-state index contributed by atoms with van der Waals surface area (Å²) in [4.78, 5) is 11.2. The van der Waals surface area contributed by atoms with E-state index in [4.69, 9.17) is 4.74 Å². The van der Waals surface area contributed by atoms with Crippen LogP contribution in [0.25, 0.3) is 0 Å². The topological polar surface area (TPSA) is 26.3 Å². The summed E-state index contributed by atoms with van der Waals surface area (Å²) in [5.41, 5.74) is 1.70. The number of benzene rings is 1. The highest BCUT2D eigenvalue weighted by Gasteiger charge is 2.34. The number of cyclic esters (lactones) is 1. The number of rotatable bonds is 2. The Morgan fingerprint density at radius 1 is 1.25 bits per heavy atom. The minimum absolute atomic E-state index is 0.263. The van der Waals surface area contributed by atoms with Gasteiger partial charge in [0, 0.05) is 11.6 Å². The molecule has 1 aliphatic heterocycles. The van der Waals surface area contributed by atoms with Gasteiger partial charge in [0.25, 0.3) is 0 Å². The molecule has 2 heteroatoms. The van der Waals surface area contributed by atoms with Crippen LogP contribution in [0.1, 0.15) is 37.8 Å². The van der Waals surface area contributed by atoms with Gasteiger partial charge in [0.05, 0.1) is 0 Å². The van der Waals surface area contributed by atoms with E-state index in [2.05, 4.69) is 19.9 Å². The molecule has 0 aromatic heterocycles. The maximum absolute atomic E-state index is 11.2. The summed E-state index contributed by atoms with van der Waals surface area (Å²) >= 11 is 0. The van der Waals surface area contributed by atoms with E-state index in [9.17, 15) is 4.79 Å². The van der Waals surface area contributed by atoms with E-state index in [-0.39, 0.29) is 5.97 Å². The summed E-state index contributed by atoms with van der Waals surface area (Å²) < 4.78 is 5.38. The van der Waals surface area contributed by atoms with Crippen molar-refractivity contribution in [3.8, 4) is 0 Å². The molecule has 1 atom stereocenters. The average molecular weight is 216 g/mol. The van der Waals surface area contributed by atoms with E-state index < -0.39 is 5.60 Å². The van der Waals surface area contributed by atoms with Gasteiger partial charge in [-0.1, -0.05) is 38.1 Å². The molecule has 2 rings (SSSR count). The molecular formula is C14H16O2. The SMILES string of the molecule is CC(C)c1ccccc1C1(C)C=CC(=O)O1. The van der Waals surface area contributed by atoms with Crippen LogP contribution in [-0.4, -0.2) is 5.97 Å². The summed E-state index contributed by atoms with van der Waals surface area (Å²) in [5.74, 6) is 0.154. The summed E-state index contributed by atoms with van der Waals surface area (Å²) in [6.07, 6.45) is 3.33. The number of hydrogen-bond donors (Lipinski definition) is 0. The van der Waals surface area contributed by atoms with Crippen molar-refractivity contribution < 1.29 is 9.53 Å². The van der Waals surface area contributed by atoms with Crippen LogP contribution in [0.3, 0.4) is 0 Å². The Morgan fingerprint density at radius 3 is 2.50 bits per heavy atom. The summed E-state index contributed by atoms with van der Waals surface area (Å²) in [6, 6.07) is 8.11. The predicted molar refractivity (Wildman–Crippen MR) is 63.1 cm³/mol. The Labute approximate surface area is 95.9 Å². The average Bonchev–Trinajstić information content (AvgIpc) is 2.60. The maximum atomic E-state index is 11.2. The van der Waals surface area contributed by atoms with Gasteiger partial charge in [0.15, 0.2) is 5.60 Å². The number of carbonyl (C=O) groups excluding carboxylic acids is 1. The molecule has 0 bridgehead atoms. The lowest BCUT2D eigenvalue weighted by Gasteiger charge is -2.26. The van der Waals surface area contributed by atoms with E-state index >= 15 is 0 Å². The van der Waals surface area contributed by atoms with Crippen molar-refractivity contribution in [1.29, 1.82) is 0 Å². The van der Waals surface area contributed by atoms with Gasteiger partial charge < -0.3 is 4.74 Å². The van der Waals surface area contributed by atoms with Gasteiger partial charge >= 0.3 is 5.97 Å². The van der Waals surface area contributed by atoms with Crippen LogP contribution in [-0.2, 0) is 15.1 Å². The van der Waals surface area contributed by atoms with Crippen LogP contribution < -0.4 is 0 Å². The van der Waals surface area contributed by atoms with Crippen molar-refractivity contribution in [2.75, 3.05) is 0 Å². The second-order valence-corrected chi connectivity index (χ2v) is 4.60. The van der Waals surface area contributed by atoms with E-state index in [0.717, 1.165) is 5.56 Å². The van der Waals surface area contributed by atoms with Gasteiger partial charge in [-0.3, -0.25) is 0 Å². The zero-order valence-electron chi connectivity index (χ0n) is 9.86. The van der Waals surface area contributed by atoms with E-state index in [1.54, 1.807) is 0 Å². The first kappa shape index (κ1) is 10.9. The highest BCUT2D eigenvalue weighted by molar-refractivity contribution is 5.85. The van der Waals surface area contributed by atoms with Crippen LogP contribution in [0.15, 0.2) is 36.4 Å². The van der Waals surface area contributed by atoms with E-state index in [0.29, 0.717) is 5.92 Å². The summed E-state index contributed by atoms with van der Waals surface area (Å²) in [7, 11) is 0. The second kappa shape index (κ2) is 3.78. The highest BCUT2D eigenvalue weighted by atomic mass is 16.6. The largest absolute Gasteiger partial charge is 0.447 e. The number of hydrogen-bond acceptors (Lipinski definition) is 2. The Balaban J connectivity index is 2.48. The molecule has 1 heterocycles. The van der Waals surface area contributed by atoms with Crippen molar-refractivity contribution in [3.05, 3.63) is 47.5 Å². The molecule has 0 N–H and O–H groups in total. The summed E-state index contributed by atoms with van der Waals surface area (Å²) in [6.45, 7) is 6.21. The minimum Gasteiger partial charge on any atom is -0.447 e. The number of esters is 1. The first-order chi connectivity index (χ1) is 7.53. The van der Waals surface area contributed by atoms with Crippen LogP contribution in [0.5, 0.6) is 0 Å². The molecule has 0 amide bonds. The van der Waals surface area contributed by atoms with Gasteiger partial charge in [-0.15, -0.1) is 0 Å². The molecular weight excluding hydrogens is 200 g/mol. The molecule has 1 aromatic carbocycles. The Kier molecular flexibility index (Phi) is 2.58. The maximum Gasteiger partial charge on any atom is 0.331 e. The molecule has 0 saturated carbocycles. The standard InChI is InChI=1S/C14H16O2/c1-10(2)11-6-4-5-7-12(11)14(3)9-8-13(15)16-14/h4-10H,1-3H3. The van der Waals surface area contributed by atoms with E-state index in [1.165, 1.54) is 11.6 Å². The van der Waals surface area contributed by atoms with Gasteiger partial charge in [-0.05, 0) is 24.5 Å². The number of carbonyl (C=O) groups is 1. The zero-order chi connectivity index (χ0) is 11.8. The number of ether oxygens (including phenoxy) is 1. The predicted octanol–water partition coefficient (Wildman–Crippen LogP) is 3.14. The third-order valence-corrected chi connectivity index (χ3v) is 2.97. The van der Waals surface area contributed by atoms with Gasteiger partial charge in [-0.25, -0.2) is 4.79 Å². The lowest BCUT2D eigenvalue weighted by atomic mass is 9.87. The third kappa shape index (κ3) is 1.75. The molecule has 0 aliphatic carbocycles. The Hall–Kier alpha value is -1.57. The first-order valence-electron chi connectivity index (χ1n) is 5.54. The van der Waals surface area contributed by atoms with Crippen LogP contribution in [0.2, 0.25) is 0 Å². The third-order valence-electron chi connectivity index (χ3n) is 2.97. The summed E-state index contributed by atoms with van der Waals surface area (Å²) in [5, 5.41) is 0. The molecule has 0 spiro atoms. The van der Waals surface area contributed by atoms with Gasteiger partial charge in [0.2, 0.25) is 0 Å². The minimum atomic E-state index is -0.599. The molecule has 1 aromatic rings. The van der Waals surface area contributed by atoms with Gasteiger partial charge in [-0.2, -0.15) is 0 Å². The zero-order valence-corrected chi connectivity index (χ0v) is 9.86. The van der Waals surface area contributed by atoms with Crippen molar-refractivity contribution >= 4 is 5.97 Å². The first-order valence-corrected chi connectivity index (χ1v) is 5.54. The molecule has 1 aliphatic rings. The van der Waals surface area contributed by atoms with Crippen LogP contribution in [0.4, 0.5) is 0 Å². The second-order valence-electron chi connectivity index (χ2n) is 4.60. The fraction of sp³-hybridized carbons (Fsp3) is 0.357. The Morgan fingerprint density at radius 2 is 1.94 bits per heavy atom. The fourth-order valence-electron chi connectivity index (χ4n) is 2.10. The smallest absolute Gasteiger partial charge is 0.331 e. The molecule has 1 unspecified atom stereocenters. The molecule has 16 heavy (non-hydrogen) atoms. The molecule has 0 radical (unpaired) electrons. The molecule has 0 fully saturated rings. The van der Waals surface area contributed by atoms with E-state index in [1.807, 2.05) is 31.2 Å². The van der Waals surface area contributed by atoms with Crippen molar-refractivity contribution in [2.24, 2.45) is 0 Å².